The molecule has 0 aromatic rings. The summed E-state index contributed by atoms with van der Waals surface area (Å²) in [5, 5.41) is 11.7. The summed E-state index contributed by atoms with van der Waals surface area (Å²) in [6, 6.07) is -2.10. The molecule has 2 aliphatic heterocycles. The van der Waals surface area contributed by atoms with E-state index in [0.717, 1.165) is 6.42 Å². The summed E-state index contributed by atoms with van der Waals surface area (Å²) in [7, 11) is 0. The summed E-state index contributed by atoms with van der Waals surface area (Å²) in [5.74, 6) is -2.05. The fourth-order valence-corrected chi connectivity index (χ4v) is 3.70. The van der Waals surface area contributed by atoms with Gasteiger partial charge in [0.15, 0.2) is 0 Å². The van der Waals surface area contributed by atoms with Crippen molar-refractivity contribution in [3.05, 3.63) is 0 Å². The number of rotatable bonds is 7. The molecule has 3 amide bonds. The summed E-state index contributed by atoms with van der Waals surface area (Å²) < 4.78 is 0. The molecule has 4 N–H and O–H groups in total. The first kappa shape index (κ1) is 21.1. The second-order valence-electron chi connectivity index (χ2n) is 7.40. The molecule has 4 atom stereocenters. The van der Waals surface area contributed by atoms with Crippen molar-refractivity contribution in [1.82, 2.24) is 15.1 Å². The van der Waals surface area contributed by atoms with Gasteiger partial charge in [-0.3, -0.25) is 14.4 Å². The van der Waals surface area contributed by atoms with Crippen LogP contribution in [0.25, 0.3) is 0 Å². The van der Waals surface area contributed by atoms with Gasteiger partial charge in [-0.2, -0.15) is 0 Å². The molecule has 9 nitrogen and oxygen atoms in total. The number of hydrogen-bond acceptors (Lipinski definition) is 5. The number of hydrogen-bond donors (Lipinski definition) is 3. The van der Waals surface area contributed by atoms with E-state index in [1.165, 1.54) is 9.80 Å². The van der Waals surface area contributed by atoms with Gasteiger partial charge >= 0.3 is 5.97 Å². The third-order valence-electron chi connectivity index (χ3n) is 5.65. The second-order valence-corrected chi connectivity index (χ2v) is 7.40. The Morgan fingerprint density at radius 2 is 1.70 bits per heavy atom. The molecule has 2 heterocycles. The lowest BCUT2D eigenvalue weighted by molar-refractivity contribution is -0.148. The van der Waals surface area contributed by atoms with Crippen LogP contribution in [0.4, 0.5) is 0 Å². The quantitative estimate of drug-likeness (QED) is 0.546. The molecule has 2 saturated heterocycles. The van der Waals surface area contributed by atoms with E-state index >= 15 is 0 Å². The number of carbonyl (C=O) groups is 4. The number of carboxylic acid groups (broad SMARTS) is 1. The van der Waals surface area contributed by atoms with Crippen LogP contribution in [0.15, 0.2) is 0 Å². The fourth-order valence-electron chi connectivity index (χ4n) is 3.70. The maximum Gasteiger partial charge on any atom is 0.326 e. The van der Waals surface area contributed by atoms with Gasteiger partial charge in [0.2, 0.25) is 17.7 Å². The number of nitrogens with zero attached hydrogens (tertiary/aromatic N) is 2. The van der Waals surface area contributed by atoms with Crippen molar-refractivity contribution in [2.75, 3.05) is 19.6 Å². The lowest BCUT2D eigenvalue weighted by atomic mass is 9.98. The first-order chi connectivity index (χ1) is 12.8. The van der Waals surface area contributed by atoms with Crippen LogP contribution in [0.2, 0.25) is 0 Å². The zero-order valence-electron chi connectivity index (χ0n) is 16.0. The molecule has 27 heavy (non-hydrogen) atoms. The van der Waals surface area contributed by atoms with E-state index in [0.29, 0.717) is 38.8 Å². The number of nitrogens with two attached hydrogens (primary N) is 1. The molecule has 0 bridgehead atoms. The molecule has 0 radical (unpaired) electrons. The molecule has 0 aromatic heterocycles. The Morgan fingerprint density at radius 1 is 1.11 bits per heavy atom. The van der Waals surface area contributed by atoms with Crippen molar-refractivity contribution in [2.24, 2.45) is 11.7 Å². The standard InChI is InChI=1S/C18H30N4O5/c1-3-11(2)15(19)17(25)22-9-4-6-12(22)16(24)20-10-14(23)21-8-5-7-13(21)18(26)27/h11-13,15H,3-10,19H2,1-2H3,(H,20,24)(H,26,27). The van der Waals surface area contributed by atoms with Gasteiger partial charge in [0.05, 0.1) is 12.6 Å². The van der Waals surface area contributed by atoms with Crippen molar-refractivity contribution >= 4 is 23.7 Å². The Labute approximate surface area is 159 Å². The molecule has 0 saturated carbocycles. The van der Waals surface area contributed by atoms with Gasteiger partial charge < -0.3 is 26.0 Å². The largest absolute Gasteiger partial charge is 0.480 e. The number of amides is 3. The van der Waals surface area contributed by atoms with E-state index in [9.17, 15) is 19.2 Å². The molecule has 2 fully saturated rings. The molecule has 4 unspecified atom stereocenters. The fraction of sp³-hybridized carbons (Fsp3) is 0.778. The number of aliphatic carboxylic acids is 1. The molecule has 0 aliphatic carbocycles. The van der Waals surface area contributed by atoms with E-state index in [-0.39, 0.29) is 18.4 Å². The highest BCUT2D eigenvalue weighted by molar-refractivity contribution is 5.93. The Hall–Kier alpha value is -2.16. The summed E-state index contributed by atoms with van der Waals surface area (Å²) in [4.78, 5) is 51.4. The molecular weight excluding hydrogens is 352 g/mol. The first-order valence-corrected chi connectivity index (χ1v) is 9.64. The van der Waals surface area contributed by atoms with Crippen LogP contribution in [-0.4, -0.2) is 76.4 Å². The number of carbonyl (C=O) groups excluding carboxylic acids is 3. The molecule has 0 aromatic carbocycles. The predicted molar refractivity (Wildman–Crippen MR) is 97.5 cm³/mol. The van der Waals surface area contributed by atoms with Crippen LogP contribution >= 0.6 is 0 Å². The average Bonchev–Trinajstić information content (AvgIpc) is 3.33. The van der Waals surface area contributed by atoms with Gasteiger partial charge in [-0.05, 0) is 31.6 Å². The normalized spacial score (nSPS) is 24.6. The van der Waals surface area contributed by atoms with Gasteiger partial charge in [0.25, 0.3) is 0 Å². The van der Waals surface area contributed by atoms with E-state index in [1.54, 1.807) is 0 Å². The number of nitrogens with one attached hydrogen (secondary N) is 1. The third-order valence-corrected chi connectivity index (χ3v) is 5.65. The summed E-state index contributed by atoms with van der Waals surface area (Å²) in [6.45, 7) is 4.45. The lowest BCUT2D eigenvalue weighted by Gasteiger charge is -2.29. The maximum absolute atomic E-state index is 12.6. The first-order valence-electron chi connectivity index (χ1n) is 9.64. The minimum atomic E-state index is -1.03. The van der Waals surface area contributed by atoms with Crippen molar-refractivity contribution in [3.8, 4) is 0 Å². The monoisotopic (exact) mass is 382 g/mol. The summed E-state index contributed by atoms with van der Waals surface area (Å²) in [6.07, 6.45) is 3.06. The van der Waals surface area contributed by atoms with E-state index < -0.39 is 35.9 Å². The maximum atomic E-state index is 12.6. The van der Waals surface area contributed by atoms with Crippen LogP contribution in [-0.2, 0) is 19.2 Å². The smallest absolute Gasteiger partial charge is 0.326 e. The molecule has 9 heteroatoms. The number of carboxylic acids is 1. The van der Waals surface area contributed by atoms with E-state index in [1.807, 2.05) is 13.8 Å². The van der Waals surface area contributed by atoms with Crippen LogP contribution in [0.3, 0.4) is 0 Å². The topological polar surface area (TPSA) is 133 Å². The molecule has 0 spiro atoms. The average molecular weight is 382 g/mol. The van der Waals surface area contributed by atoms with Crippen LogP contribution in [0.1, 0.15) is 46.0 Å². The summed E-state index contributed by atoms with van der Waals surface area (Å²) in [5.41, 5.74) is 6.02. The van der Waals surface area contributed by atoms with E-state index in [4.69, 9.17) is 10.8 Å². The zero-order chi connectivity index (χ0) is 20.1. The Morgan fingerprint density at radius 3 is 2.30 bits per heavy atom. The van der Waals surface area contributed by atoms with E-state index in [2.05, 4.69) is 5.32 Å². The molecule has 2 rings (SSSR count). The third kappa shape index (κ3) is 4.77. The SMILES string of the molecule is CCC(C)C(N)C(=O)N1CCCC1C(=O)NCC(=O)N1CCCC1C(=O)O. The molecule has 152 valence electrons. The lowest BCUT2D eigenvalue weighted by Crippen LogP contribution is -2.54. The summed E-state index contributed by atoms with van der Waals surface area (Å²) >= 11 is 0. The van der Waals surface area contributed by atoms with Gasteiger partial charge in [0.1, 0.15) is 12.1 Å². The van der Waals surface area contributed by atoms with Gasteiger partial charge in [-0.1, -0.05) is 20.3 Å². The van der Waals surface area contributed by atoms with Crippen molar-refractivity contribution < 1.29 is 24.3 Å². The minimum Gasteiger partial charge on any atom is -0.480 e. The van der Waals surface area contributed by atoms with Crippen LogP contribution in [0, 0.1) is 5.92 Å². The van der Waals surface area contributed by atoms with Gasteiger partial charge in [-0.25, -0.2) is 4.79 Å². The minimum absolute atomic E-state index is 0.0199. The Kier molecular flexibility index (Phi) is 7.18. The van der Waals surface area contributed by atoms with Gasteiger partial charge in [0, 0.05) is 13.1 Å². The van der Waals surface area contributed by atoms with Gasteiger partial charge in [-0.15, -0.1) is 0 Å². The Bertz CT molecular complexity index is 596. The molecule has 2 aliphatic rings. The van der Waals surface area contributed by atoms with Crippen molar-refractivity contribution in [1.29, 1.82) is 0 Å². The number of likely N-dealkylation sites (tertiary alicyclic amines) is 2. The second kappa shape index (κ2) is 9.16. The highest BCUT2D eigenvalue weighted by atomic mass is 16.4. The highest BCUT2D eigenvalue weighted by Crippen LogP contribution is 2.21. The molecular formula is C18H30N4O5. The predicted octanol–water partition coefficient (Wildman–Crippen LogP) is -0.457. The highest BCUT2D eigenvalue weighted by Gasteiger charge is 2.38. The van der Waals surface area contributed by atoms with Crippen molar-refractivity contribution in [3.63, 3.8) is 0 Å². The van der Waals surface area contributed by atoms with Crippen LogP contribution < -0.4 is 11.1 Å². The van der Waals surface area contributed by atoms with Crippen molar-refractivity contribution in [2.45, 2.75) is 64.1 Å². The van der Waals surface area contributed by atoms with Crippen LogP contribution in [0.5, 0.6) is 0 Å². The zero-order valence-corrected chi connectivity index (χ0v) is 16.0. The Balaban J connectivity index is 1.92.